The summed E-state index contributed by atoms with van der Waals surface area (Å²) < 4.78 is 10.7. The van der Waals surface area contributed by atoms with E-state index in [2.05, 4.69) is 6.07 Å². The van der Waals surface area contributed by atoms with Crippen LogP contribution in [0.5, 0.6) is 5.75 Å². The molecule has 0 saturated heterocycles. The summed E-state index contributed by atoms with van der Waals surface area (Å²) in [7, 11) is 0. The van der Waals surface area contributed by atoms with Gasteiger partial charge in [0.05, 0.1) is 19.3 Å². The molecule has 0 atom stereocenters. The van der Waals surface area contributed by atoms with Crippen LogP contribution in [0.15, 0.2) is 18.2 Å². The van der Waals surface area contributed by atoms with Crippen molar-refractivity contribution < 1.29 is 14.3 Å². The summed E-state index contributed by atoms with van der Waals surface area (Å²) >= 11 is 0. The van der Waals surface area contributed by atoms with Crippen LogP contribution in [0.1, 0.15) is 36.5 Å². The molecule has 1 aliphatic rings. The van der Waals surface area contributed by atoms with Crippen LogP contribution in [0.3, 0.4) is 0 Å². The molecule has 2 N–H and O–H groups in total. The molecule has 0 radical (unpaired) electrons. The predicted molar refractivity (Wildman–Crippen MR) is 74.2 cm³/mol. The Balaban J connectivity index is 2.08. The summed E-state index contributed by atoms with van der Waals surface area (Å²) in [5, 5.41) is 8.75. The number of ether oxygens (including phenoxy) is 2. The van der Waals surface area contributed by atoms with Gasteiger partial charge in [-0.2, -0.15) is 5.26 Å². The Hall–Kier alpha value is -2.22. The molecule has 0 spiro atoms. The van der Waals surface area contributed by atoms with Crippen molar-refractivity contribution in [3.05, 3.63) is 23.8 Å². The molecule has 0 bridgehead atoms. The first-order chi connectivity index (χ1) is 9.62. The van der Waals surface area contributed by atoms with Crippen molar-refractivity contribution in [2.45, 2.75) is 26.2 Å². The van der Waals surface area contributed by atoms with Crippen molar-refractivity contribution in [2.75, 3.05) is 18.9 Å². The zero-order valence-electron chi connectivity index (χ0n) is 11.5. The lowest BCUT2D eigenvalue weighted by Crippen LogP contribution is -2.17. The Kier molecular flexibility index (Phi) is 4.14. The van der Waals surface area contributed by atoms with Gasteiger partial charge in [0, 0.05) is 17.5 Å². The highest BCUT2D eigenvalue weighted by atomic mass is 16.5. The number of esters is 1. The second-order valence-corrected chi connectivity index (χ2v) is 5.06. The minimum absolute atomic E-state index is 0.139. The monoisotopic (exact) mass is 274 g/mol. The Labute approximate surface area is 118 Å². The van der Waals surface area contributed by atoms with Gasteiger partial charge in [-0.1, -0.05) is 6.07 Å². The molecule has 0 amide bonds. The molecule has 1 saturated carbocycles. The van der Waals surface area contributed by atoms with Crippen molar-refractivity contribution in [3.8, 4) is 11.8 Å². The number of hydrogen-bond donors (Lipinski definition) is 1. The maximum absolute atomic E-state index is 12.2. The number of nitrogens with zero attached hydrogens (tertiary/aromatic N) is 1. The quantitative estimate of drug-likeness (QED) is 0.636. The van der Waals surface area contributed by atoms with Gasteiger partial charge in [0.1, 0.15) is 11.3 Å². The molecule has 1 aliphatic carbocycles. The smallest absolute Gasteiger partial charge is 0.344 e. The minimum Gasteiger partial charge on any atom is -0.493 e. The molecule has 0 aromatic heterocycles. The van der Waals surface area contributed by atoms with Gasteiger partial charge >= 0.3 is 5.97 Å². The van der Waals surface area contributed by atoms with Crippen molar-refractivity contribution in [1.29, 1.82) is 5.26 Å². The normalized spacial score (nSPS) is 15.2. The first-order valence-electron chi connectivity index (χ1n) is 6.67. The number of rotatable bonds is 6. The lowest BCUT2D eigenvalue weighted by Gasteiger charge is -2.15. The van der Waals surface area contributed by atoms with Crippen molar-refractivity contribution in [3.63, 3.8) is 0 Å². The maximum atomic E-state index is 12.2. The van der Waals surface area contributed by atoms with Gasteiger partial charge in [0.25, 0.3) is 0 Å². The number of nitriles is 1. The second-order valence-electron chi connectivity index (χ2n) is 5.06. The lowest BCUT2D eigenvalue weighted by molar-refractivity contribution is 0.0416. The second kappa shape index (κ2) is 5.83. The predicted octanol–water partition coefficient (Wildman–Crippen LogP) is 2.52. The van der Waals surface area contributed by atoms with Crippen LogP contribution < -0.4 is 10.5 Å². The van der Waals surface area contributed by atoms with E-state index in [0.717, 1.165) is 12.8 Å². The van der Waals surface area contributed by atoms with E-state index in [-0.39, 0.29) is 17.6 Å². The number of nitrogen functional groups attached to an aromatic ring is 1. The molecule has 0 aliphatic heterocycles. The molecular formula is C15H18N2O3. The van der Waals surface area contributed by atoms with Gasteiger partial charge in [-0.25, -0.2) is 4.79 Å². The molecule has 1 aromatic carbocycles. The summed E-state index contributed by atoms with van der Waals surface area (Å²) in [6, 6.07) is 7.20. The summed E-state index contributed by atoms with van der Waals surface area (Å²) in [5.41, 5.74) is 6.30. The Morgan fingerprint density at radius 3 is 2.85 bits per heavy atom. The van der Waals surface area contributed by atoms with E-state index in [1.54, 1.807) is 18.2 Å². The van der Waals surface area contributed by atoms with Gasteiger partial charge in [-0.3, -0.25) is 0 Å². The van der Waals surface area contributed by atoms with Gasteiger partial charge in [-0.15, -0.1) is 0 Å². The van der Waals surface area contributed by atoms with Crippen molar-refractivity contribution >= 4 is 11.7 Å². The minimum atomic E-state index is -0.490. The van der Waals surface area contributed by atoms with Gasteiger partial charge in [0.15, 0.2) is 0 Å². The third kappa shape index (κ3) is 3.02. The zero-order valence-corrected chi connectivity index (χ0v) is 11.5. The topological polar surface area (TPSA) is 85.3 Å². The molecule has 0 unspecified atom stereocenters. The van der Waals surface area contributed by atoms with Crippen LogP contribution >= 0.6 is 0 Å². The number of carbonyl (C=O) groups excluding carboxylic acids is 1. The van der Waals surface area contributed by atoms with E-state index in [0.29, 0.717) is 24.5 Å². The highest BCUT2D eigenvalue weighted by molar-refractivity contribution is 5.98. The highest BCUT2D eigenvalue weighted by Crippen LogP contribution is 2.48. The fourth-order valence-corrected chi connectivity index (χ4v) is 2.05. The third-order valence-electron chi connectivity index (χ3n) is 3.48. The summed E-state index contributed by atoms with van der Waals surface area (Å²) in [6.45, 7) is 2.55. The molecule has 5 heteroatoms. The van der Waals surface area contributed by atoms with E-state index in [1.807, 2.05) is 6.92 Å². The third-order valence-corrected chi connectivity index (χ3v) is 3.48. The molecular weight excluding hydrogens is 256 g/mol. The van der Waals surface area contributed by atoms with E-state index in [1.165, 1.54) is 0 Å². The fraction of sp³-hybridized carbons (Fsp3) is 0.467. The Morgan fingerprint density at radius 1 is 1.50 bits per heavy atom. The number of nitrogens with two attached hydrogens (primary N) is 1. The van der Waals surface area contributed by atoms with Gasteiger partial charge in [0.2, 0.25) is 0 Å². The summed E-state index contributed by atoms with van der Waals surface area (Å²) in [6.07, 6.45) is 2.27. The highest BCUT2D eigenvalue weighted by Gasteiger charge is 2.44. The van der Waals surface area contributed by atoms with Crippen LogP contribution in [-0.4, -0.2) is 19.2 Å². The average Bonchev–Trinajstić information content (AvgIpc) is 3.17. The standard InChI is InChI=1S/C15H18N2O3/c1-2-19-12-5-3-4-11(17)13(12)14(18)20-10-15(6-7-15)8-9-16/h3-5H,2,6-8,10,17H2,1H3. The average molecular weight is 274 g/mol. The lowest BCUT2D eigenvalue weighted by atomic mass is 10.1. The van der Waals surface area contributed by atoms with E-state index in [9.17, 15) is 4.79 Å². The molecule has 5 nitrogen and oxygen atoms in total. The summed E-state index contributed by atoms with van der Waals surface area (Å²) in [4.78, 5) is 12.2. The zero-order chi connectivity index (χ0) is 14.6. The molecule has 1 aromatic rings. The molecule has 20 heavy (non-hydrogen) atoms. The van der Waals surface area contributed by atoms with Crippen molar-refractivity contribution in [2.24, 2.45) is 5.41 Å². The SMILES string of the molecule is CCOc1cccc(N)c1C(=O)OCC1(CC#N)CC1. The number of anilines is 1. The summed E-state index contributed by atoms with van der Waals surface area (Å²) in [5.74, 6) is -0.0570. The number of hydrogen-bond acceptors (Lipinski definition) is 5. The Morgan fingerprint density at radius 2 is 2.25 bits per heavy atom. The van der Waals surface area contributed by atoms with Crippen LogP contribution in [0.4, 0.5) is 5.69 Å². The first-order valence-corrected chi connectivity index (χ1v) is 6.67. The van der Waals surface area contributed by atoms with Gasteiger partial charge in [-0.05, 0) is 31.9 Å². The van der Waals surface area contributed by atoms with Crippen LogP contribution in [-0.2, 0) is 4.74 Å². The van der Waals surface area contributed by atoms with Crippen LogP contribution in [0.25, 0.3) is 0 Å². The van der Waals surface area contributed by atoms with E-state index < -0.39 is 5.97 Å². The van der Waals surface area contributed by atoms with Crippen molar-refractivity contribution in [1.82, 2.24) is 0 Å². The molecule has 2 rings (SSSR count). The van der Waals surface area contributed by atoms with Gasteiger partial charge < -0.3 is 15.2 Å². The molecule has 106 valence electrons. The Bertz CT molecular complexity index is 545. The van der Waals surface area contributed by atoms with Crippen LogP contribution in [0.2, 0.25) is 0 Å². The van der Waals surface area contributed by atoms with E-state index in [4.69, 9.17) is 20.5 Å². The largest absolute Gasteiger partial charge is 0.493 e. The van der Waals surface area contributed by atoms with E-state index >= 15 is 0 Å². The number of carbonyl (C=O) groups is 1. The first kappa shape index (κ1) is 14.2. The fourth-order valence-electron chi connectivity index (χ4n) is 2.05. The molecule has 1 fully saturated rings. The maximum Gasteiger partial charge on any atom is 0.344 e. The number of benzene rings is 1. The van der Waals surface area contributed by atoms with Crippen LogP contribution in [0, 0.1) is 16.7 Å². The molecule has 0 heterocycles.